The normalized spacial score (nSPS) is 16.1. The average molecular weight is 465 g/mol. The zero-order valence-electron chi connectivity index (χ0n) is 20.0. The van der Waals surface area contributed by atoms with Crippen LogP contribution in [0, 0.1) is 18.3 Å². The van der Waals surface area contributed by atoms with Crippen LogP contribution in [0.4, 0.5) is 5.00 Å². The monoisotopic (exact) mass is 464 g/mol. The molecule has 2 heterocycles. The van der Waals surface area contributed by atoms with Crippen molar-refractivity contribution in [3.63, 3.8) is 0 Å². The summed E-state index contributed by atoms with van der Waals surface area (Å²) in [7, 11) is 1.67. The first-order chi connectivity index (χ1) is 15.8. The van der Waals surface area contributed by atoms with Gasteiger partial charge >= 0.3 is 0 Å². The van der Waals surface area contributed by atoms with Crippen molar-refractivity contribution in [2.45, 2.75) is 53.5 Å². The van der Waals surface area contributed by atoms with Crippen molar-refractivity contribution in [3.05, 3.63) is 69.5 Å². The Kier molecular flexibility index (Phi) is 6.75. The lowest BCUT2D eigenvalue weighted by atomic mass is 9.72. The molecule has 1 atom stereocenters. The van der Waals surface area contributed by atoms with E-state index in [0.29, 0.717) is 18.0 Å². The maximum atomic E-state index is 13.3. The SMILES string of the molecule is COc1cc(C=Nc2sc3c(c2C(=O)NCc2ccco2)CC[C@@H](C(C)(C)C)C3)ccc1C. The van der Waals surface area contributed by atoms with Gasteiger partial charge in [-0.05, 0) is 72.4 Å². The molecule has 0 spiro atoms. The quantitative estimate of drug-likeness (QED) is 0.424. The molecule has 1 aliphatic rings. The minimum absolute atomic E-state index is 0.0910. The van der Waals surface area contributed by atoms with E-state index in [1.165, 1.54) is 4.88 Å². The lowest BCUT2D eigenvalue weighted by Crippen LogP contribution is -2.28. The van der Waals surface area contributed by atoms with Crippen LogP contribution in [-0.2, 0) is 19.4 Å². The van der Waals surface area contributed by atoms with Crippen LogP contribution < -0.4 is 10.1 Å². The topological polar surface area (TPSA) is 63.8 Å². The highest BCUT2D eigenvalue weighted by Gasteiger charge is 2.33. The summed E-state index contributed by atoms with van der Waals surface area (Å²) in [5.41, 5.74) is 4.13. The number of thiophene rings is 1. The van der Waals surface area contributed by atoms with Crippen molar-refractivity contribution in [1.29, 1.82) is 0 Å². The third-order valence-electron chi connectivity index (χ3n) is 6.46. The third-order valence-corrected chi connectivity index (χ3v) is 7.63. The predicted octanol–water partition coefficient (Wildman–Crippen LogP) is 6.49. The molecule has 3 aromatic rings. The van der Waals surface area contributed by atoms with Crippen LogP contribution in [0.25, 0.3) is 0 Å². The third kappa shape index (κ3) is 5.22. The van der Waals surface area contributed by atoms with E-state index in [2.05, 4.69) is 26.1 Å². The Labute approximate surface area is 199 Å². The molecule has 174 valence electrons. The molecular formula is C27H32N2O3S. The molecule has 1 amide bonds. The van der Waals surface area contributed by atoms with Crippen molar-refractivity contribution >= 4 is 28.5 Å². The summed E-state index contributed by atoms with van der Waals surface area (Å²) >= 11 is 1.65. The van der Waals surface area contributed by atoms with E-state index in [9.17, 15) is 4.79 Å². The van der Waals surface area contributed by atoms with E-state index in [1.54, 1.807) is 24.7 Å². The van der Waals surface area contributed by atoms with E-state index >= 15 is 0 Å². The predicted molar refractivity (Wildman–Crippen MR) is 134 cm³/mol. The minimum Gasteiger partial charge on any atom is -0.496 e. The molecule has 1 N–H and O–H groups in total. The lowest BCUT2D eigenvalue weighted by molar-refractivity contribution is 0.0947. The van der Waals surface area contributed by atoms with E-state index in [4.69, 9.17) is 14.1 Å². The first-order valence-corrected chi connectivity index (χ1v) is 12.2. The molecule has 1 aromatic carbocycles. The first kappa shape index (κ1) is 23.3. The number of rotatable bonds is 6. The number of ether oxygens (including phenoxy) is 1. The summed E-state index contributed by atoms with van der Waals surface area (Å²) in [6, 6.07) is 9.69. The number of hydrogen-bond acceptors (Lipinski definition) is 5. The Balaban J connectivity index is 1.66. The van der Waals surface area contributed by atoms with Gasteiger partial charge in [-0.25, -0.2) is 4.99 Å². The van der Waals surface area contributed by atoms with E-state index in [0.717, 1.165) is 52.5 Å². The van der Waals surface area contributed by atoms with Crippen molar-refractivity contribution in [2.24, 2.45) is 16.3 Å². The van der Waals surface area contributed by atoms with E-state index < -0.39 is 0 Å². The van der Waals surface area contributed by atoms with Crippen LogP contribution in [0.1, 0.15) is 64.9 Å². The molecule has 6 heteroatoms. The van der Waals surface area contributed by atoms with Gasteiger partial charge in [0.05, 0.1) is 25.5 Å². The highest BCUT2D eigenvalue weighted by atomic mass is 32.1. The number of methoxy groups -OCH3 is 1. The van der Waals surface area contributed by atoms with Gasteiger partial charge in [-0.2, -0.15) is 0 Å². The van der Waals surface area contributed by atoms with Crippen molar-refractivity contribution < 1.29 is 13.9 Å². The number of aryl methyl sites for hydroxylation is 1. The Morgan fingerprint density at radius 2 is 2.15 bits per heavy atom. The highest BCUT2D eigenvalue weighted by Crippen LogP contribution is 2.45. The molecular weight excluding hydrogens is 432 g/mol. The largest absolute Gasteiger partial charge is 0.496 e. The van der Waals surface area contributed by atoms with Crippen LogP contribution in [-0.4, -0.2) is 19.2 Å². The molecule has 2 aromatic heterocycles. The zero-order chi connectivity index (χ0) is 23.6. The lowest BCUT2D eigenvalue weighted by Gasteiger charge is -2.33. The number of benzene rings is 1. The Bertz CT molecular complexity index is 1150. The fraction of sp³-hybridized carbons (Fsp3) is 0.407. The molecule has 0 bridgehead atoms. The van der Waals surface area contributed by atoms with Crippen LogP contribution in [0.3, 0.4) is 0 Å². The minimum atomic E-state index is -0.0910. The molecule has 0 unspecified atom stereocenters. The van der Waals surface area contributed by atoms with Crippen LogP contribution in [0.15, 0.2) is 46.0 Å². The number of fused-ring (bicyclic) bond motifs is 1. The Morgan fingerprint density at radius 3 is 2.85 bits per heavy atom. The van der Waals surface area contributed by atoms with Gasteiger partial charge in [-0.15, -0.1) is 11.3 Å². The van der Waals surface area contributed by atoms with Gasteiger partial charge in [0.25, 0.3) is 5.91 Å². The molecule has 0 fully saturated rings. The van der Waals surface area contributed by atoms with Gasteiger partial charge < -0.3 is 14.5 Å². The fourth-order valence-electron chi connectivity index (χ4n) is 4.35. The number of carbonyl (C=O) groups excluding carboxylic acids is 1. The number of nitrogens with zero attached hydrogens (tertiary/aromatic N) is 1. The van der Waals surface area contributed by atoms with Crippen molar-refractivity contribution in [2.75, 3.05) is 7.11 Å². The standard InChI is InChI=1S/C27H32N2O3S/c1-17-8-9-18(13-22(17)31-5)15-29-26-24(25(30)28-16-20-7-6-12-32-20)21-11-10-19(27(2,3)4)14-23(21)33-26/h6-9,12-13,15,19H,10-11,14,16H2,1-5H3,(H,28,30)/t19-/m1/s1. The number of furan rings is 1. The maximum Gasteiger partial charge on any atom is 0.255 e. The van der Waals surface area contributed by atoms with Crippen molar-refractivity contribution in [3.8, 4) is 5.75 Å². The van der Waals surface area contributed by atoms with Gasteiger partial charge in [0.2, 0.25) is 0 Å². The summed E-state index contributed by atoms with van der Waals surface area (Å²) < 4.78 is 10.8. The highest BCUT2D eigenvalue weighted by molar-refractivity contribution is 7.16. The zero-order valence-corrected chi connectivity index (χ0v) is 20.8. The summed E-state index contributed by atoms with van der Waals surface area (Å²) in [4.78, 5) is 19.4. The summed E-state index contributed by atoms with van der Waals surface area (Å²) in [6.45, 7) is 9.28. The van der Waals surface area contributed by atoms with Gasteiger partial charge in [0.1, 0.15) is 16.5 Å². The van der Waals surface area contributed by atoms with Crippen LogP contribution >= 0.6 is 11.3 Å². The van der Waals surface area contributed by atoms with E-state index in [-0.39, 0.29) is 11.3 Å². The number of carbonyl (C=O) groups is 1. The molecule has 0 aliphatic heterocycles. The molecule has 5 nitrogen and oxygen atoms in total. The smallest absolute Gasteiger partial charge is 0.255 e. The molecule has 1 aliphatic carbocycles. The summed E-state index contributed by atoms with van der Waals surface area (Å²) in [6.07, 6.45) is 6.43. The Morgan fingerprint density at radius 1 is 1.33 bits per heavy atom. The number of hydrogen-bond donors (Lipinski definition) is 1. The molecule has 33 heavy (non-hydrogen) atoms. The Hall–Kier alpha value is -2.86. The molecule has 0 saturated heterocycles. The van der Waals surface area contributed by atoms with Crippen molar-refractivity contribution in [1.82, 2.24) is 5.32 Å². The average Bonchev–Trinajstić information content (AvgIpc) is 3.43. The van der Waals surface area contributed by atoms with Gasteiger partial charge in [-0.3, -0.25) is 4.79 Å². The maximum absolute atomic E-state index is 13.3. The number of amides is 1. The number of aliphatic imine (C=N–C) groups is 1. The number of nitrogens with one attached hydrogen (secondary N) is 1. The van der Waals surface area contributed by atoms with Crippen LogP contribution in [0.5, 0.6) is 5.75 Å². The van der Waals surface area contributed by atoms with Gasteiger partial charge in [0, 0.05) is 11.1 Å². The first-order valence-electron chi connectivity index (χ1n) is 11.4. The molecule has 0 radical (unpaired) electrons. The van der Waals surface area contributed by atoms with E-state index in [1.807, 2.05) is 43.5 Å². The fourth-order valence-corrected chi connectivity index (χ4v) is 5.62. The summed E-state index contributed by atoms with van der Waals surface area (Å²) in [5.74, 6) is 2.07. The second kappa shape index (κ2) is 9.56. The second-order valence-electron chi connectivity index (χ2n) is 9.74. The van der Waals surface area contributed by atoms with Gasteiger partial charge in [0.15, 0.2) is 0 Å². The second-order valence-corrected chi connectivity index (χ2v) is 10.8. The molecule has 4 rings (SSSR count). The van der Waals surface area contributed by atoms with Gasteiger partial charge in [-0.1, -0.05) is 32.9 Å². The summed E-state index contributed by atoms with van der Waals surface area (Å²) in [5, 5.41) is 3.79. The van der Waals surface area contributed by atoms with Crippen LogP contribution in [0.2, 0.25) is 0 Å². The molecule has 0 saturated carbocycles.